The third-order valence-corrected chi connectivity index (χ3v) is 3.69. The van der Waals surface area contributed by atoms with Crippen LogP contribution < -0.4 is 5.73 Å². The maximum Gasteiger partial charge on any atom is 0.222 e. The monoisotopic (exact) mass is 226 g/mol. The first-order valence-corrected chi connectivity index (χ1v) is 6.63. The third-order valence-electron chi connectivity index (χ3n) is 3.69. The van der Waals surface area contributed by atoms with E-state index in [1.165, 1.54) is 0 Å². The molecule has 0 saturated carbocycles. The lowest BCUT2D eigenvalue weighted by atomic mass is 10.0. The van der Waals surface area contributed by atoms with Gasteiger partial charge in [-0.05, 0) is 31.2 Å². The van der Waals surface area contributed by atoms with Gasteiger partial charge in [0.05, 0.1) is 0 Å². The molecule has 1 heterocycles. The second-order valence-electron chi connectivity index (χ2n) is 5.21. The molecule has 3 heteroatoms. The predicted octanol–water partition coefficient (Wildman–Crippen LogP) is 2.01. The van der Waals surface area contributed by atoms with Crippen molar-refractivity contribution in [2.24, 2.45) is 17.6 Å². The van der Waals surface area contributed by atoms with Crippen LogP contribution in [0.15, 0.2) is 0 Å². The molecule has 1 rings (SSSR count). The summed E-state index contributed by atoms with van der Waals surface area (Å²) in [5, 5.41) is 0. The summed E-state index contributed by atoms with van der Waals surface area (Å²) < 4.78 is 0. The molecule has 1 amide bonds. The molecule has 0 aromatic rings. The van der Waals surface area contributed by atoms with Crippen LogP contribution in [0.2, 0.25) is 0 Å². The Morgan fingerprint density at radius 2 is 1.69 bits per heavy atom. The van der Waals surface area contributed by atoms with Gasteiger partial charge in [0.25, 0.3) is 0 Å². The predicted molar refractivity (Wildman–Crippen MR) is 67.0 cm³/mol. The molecule has 0 aliphatic carbocycles. The van der Waals surface area contributed by atoms with Crippen molar-refractivity contribution >= 4 is 5.91 Å². The van der Waals surface area contributed by atoms with Crippen LogP contribution in [-0.4, -0.2) is 30.4 Å². The molecule has 1 aliphatic heterocycles. The SMILES string of the molecule is CC1CN(C(=O)CCCCCCN)CC1C. The fourth-order valence-electron chi connectivity index (χ4n) is 2.27. The van der Waals surface area contributed by atoms with Gasteiger partial charge in [0.1, 0.15) is 0 Å². The van der Waals surface area contributed by atoms with Crippen molar-refractivity contribution in [2.45, 2.75) is 46.0 Å². The van der Waals surface area contributed by atoms with Crippen LogP contribution in [0, 0.1) is 11.8 Å². The topological polar surface area (TPSA) is 46.3 Å². The van der Waals surface area contributed by atoms with Crippen molar-refractivity contribution in [3.8, 4) is 0 Å². The van der Waals surface area contributed by atoms with E-state index in [4.69, 9.17) is 5.73 Å². The molecule has 0 aromatic carbocycles. The Hall–Kier alpha value is -0.570. The quantitative estimate of drug-likeness (QED) is 0.704. The Morgan fingerprint density at radius 1 is 1.12 bits per heavy atom. The average Bonchev–Trinajstić information content (AvgIpc) is 2.59. The van der Waals surface area contributed by atoms with Crippen LogP contribution in [0.1, 0.15) is 46.0 Å². The lowest BCUT2D eigenvalue weighted by Gasteiger charge is -2.15. The van der Waals surface area contributed by atoms with Gasteiger partial charge in [0, 0.05) is 19.5 Å². The third kappa shape index (κ3) is 4.12. The zero-order valence-electron chi connectivity index (χ0n) is 10.7. The molecule has 16 heavy (non-hydrogen) atoms. The van der Waals surface area contributed by atoms with Crippen molar-refractivity contribution in [3.05, 3.63) is 0 Å². The van der Waals surface area contributed by atoms with Gasteiger partial charge in [-0.25, -0.2) is 0 Å². The first-order chi connectivity index (χ1) is 7.65. The molecule has 94 valence electrons. The number of hydrogen-bond donors (Lipinski definition) is 1. The van der Waals surface area contributed by atoms with Gasteiger partial charge >= 0.3 is 0 Å². The Bertz CT molecular complexity index is 208. The van der Waals surface area contributed by atoms with Crippen molar-refractivity contribution in [3.63, 3.8) is 0 Å². The lowest BCUT2D eigenvalue weighted by molar-refractivity contribution is -0.130. The smallest absolute Gasteiger partial charge is 0.222 e. The van der Waals surface area contributed by atoms with Crippen molar-refractivity contribution in [1.82, 2.24) is 4.90 Å². The number of carbonyl (C=O) groups is 1. The molecule has 0 spiro atoms. The lowest BCUT2D eigenvalue weighted by Crippen LogP contribution is -2.28. The van der Waals surface area contributed by atoms with Crippen LogP contribution in [0.4, 0.5) is 0 Å². The van der Waals surface area contributed by atoms with E-state index in [9.17, 15) is 4.79 Å². The minimum Gasteiger partial charge on any atom is -0.342 e. The Labute approximate surface area is 99.4 Å². The number of hydrogen-bond acceptors (Lipinski definition) is 2. The minimum absolute atomic E-state index is 0.351. The van der Waals surface area contributed by atoms with Gasteiger partial charge in [-0.15, -0.1) is 0 Å². The highest BCUT2D eigenvalue weighted by Crippen LogP contribution is 2.22. The highest BCUT2D eigenvalue weighted by atomic mass is 16.2. The number of carbonyl (C=O) groups excluding carboxylic acids is 1. The van der Waals surface area contributed by atoms with Crippen LogP contribution in [-0.2, 0) is 4.79 Å². The number of unbranched alkanes of at least 4 members (excludes halogenated alkanes) is 3. The van der Waals surface area contributed by atoms with Gasteiger partial charge in [0.15, 0.2) is 0 Å². The molecule has 2 atom stereocenters. The second kappa shape index (κ2) is 6.89. The molecular weight excluding hydrogens is 200 g/mol. The largest absolute Gasteiger partial charge is 0.342 e. The summed E-state index contributed by atoms with van der Waals surface area (Å²) in [7, 11) is 0. The molecule has 1 saturated heterocycles. The number of nitrogens with two attached hydrogens (primary N) is 1. The van der Waals surface area contributed by atoms with E-state index in [-0.39, 0.29) is 0 Å². The van der Waals surface area contributed by atoms with Gasteiger partial charge < -0.3 is 10.6 Å². The van der Waals surface area contributed by atoms with Crippen molar-refractivity contribution in [1.29, 1.82) is 0 Å². The molecule has 1 fully saturated rings. The summed E-state index contributed by atoms with van der Waals surface area (Å²) in [5.41, 5.74) is 5.43. The maximum atomic E-state index is 11.9. The molecule has 1 aliphatic rings. The van der Waals surface area contributed by atoms with Crippen molar-refractivity contribution in [2.75, 3.05) is 19.6 Å². The van der Waals surface area contributed by atoms with E-state index >= 15 is 0 Å². The molecule has 3 nitrogen and oxygen atoms in total. The number of rotatable bonds is 6. The first-order valence-electron chi connectivity index (χ1n) is 6.63. The molecular formula is C13H26N2O. The van der Waals surface area contributed by atoms with E-state index < -0.39 is 0 Å². The Balaban J connectivity index is 2.11. The van der Waals surface area contributed by atoms with E-state index in [1.807, 2.05) is 4.90 Å². The van der Waals surface area contributed by atoms with E-state index in [2.05, 4.69) is 13.8 Å². The summed E-state index contributed by atoms with van der Waals surface area (Å²) >= 11 is 0. The molecule has 2 unspecified atom stereocenters. The molecule has 0 bridgehead atoms. The zero-order valence-corrected chi connectivity index (χ0v) is 10.7. The summed E-state index contributed by atoms with van der Waals surface area (Å²) in [6.45, 7) is 7.17. The summed E-state index contributed by atoms with van der Waals surface area (Å²) in [6.07, 6.45) is 5.15. The molecule has 2 N–H and O–H groups in total. The standard InChI is InChI=1S/C13H26N2O/c1-11-9-15(10-12(11)2)13(16)7-5-3-4-6-8-14/h11-12H,3-10,14H2,1-2H3. The second-order valence-corrected chi connectivity index (χ2v) is 5.21. The van der Waals surface area contributed by atoms with Gasteiger partial charge in [-0.2, -0.15) is 0 Å². The highest BCUT2D eigenvalue weighted by molar-refractivity contribution is 5.76. The Kier molecular flexibility index (Phi) is 5.81. The van der Waals surface area contributed by atoms with Gasteiger partial charge in [0.2, 0.25) is 5.91 Å². The summed E-state index contributed by atoms with van der Waals surface area (Å²) in [6, 6.07) is 0. The maximum absolute atomic E-state index is 11.9. The summed E-state index contributed by atoms with van der Waals surface area (Å²) in [5.74, 6) is 1.69. The number of nitrogens with zero attached hydrogens (tertiary/aromatic N) is 1. The van der Waals surface area contributed by atoms with E-state index in [1.54, 1.807) is 0 Å². The van der Waals surface area contributed by atoms with E-state index in [0.717, 1.165) is 51.7 Å². The van der Waals surface area contributed by atoms with Crippen LogP contribution in [0.3, 0.4) is 0 Å². The fraction of sp³-hybridized carbons (Fsp3) is 0.923. The molecule has 0 radical (unpaired) electrons. The van der Waals surface area contributed by atoms with Gasteiger partial charge in [-0.3, -0.25) is 4.79 Å². The van der Waals surface area contributed by atoms with Crippen LogP contribution in [0.25, 0.3) is 0 Å². The Morgan fingerprint density at radius 3 is 2.25 bits per heavy atom. The fourth-order valence-corrected chi connectivity index (χ4v) is 2.27. The van der Waals surface area contributed by atoms with Crippen LogP contribution in [0.5, 0.6) is 0 Å². The normalized spacial score (nSPS) is 25.1. The summed E-state index contributed by atoms with van der Waals surface area (Å²) in [4.78, 5) is 13.9. The molecule has 0 aromatic heterocycles. The highest BCUT2D eigenvalue weighted by Gasteiger charge is 2.28. The average molecular weight is 226 g/mol. The minimum atomic E-state index is 0.351. The number of likely N-dealkylation sites (tertiary alicyclic amines) is 1. The number of amides is 1. The zero-order chi connectivity index (χ0) is 12.0. The van der Waals surface area contributed by atoms with Gasteiger partial charge in [-0.1, -0.05) is 26.7 Å². The van der Waals surface area contributed by atoms with Crippen LogP contribution >= 0.6 is 0 Å². The van der Waals surface area contributed by atoms with E-state index in [0.29, 0.717) is 17.7 Å². The van der Waals surface area contributed by atoms with Crippen molar-refractivity contribution < 1.29 is 4.79 Å². The first kappa shape index (κ1) is 13.5.